The standard InChI is InChI=1S/C45H41N3O12/c1-7-55-19-34(46-58-22(4)49)25-10-13-28-31(16-25)37-40(43(28)52)38-33-18-27(36(21-57-9-3)48-60-24(6)51)12-15-30(33)45(54)42(38)39-32-17-26(11-14-29(32)44(53)41(37)39)35(20-56-8-2)47-59-23(5)50/h10-18,22,49H,7-9,19-21H2,1-6H3/b46-34+,47-35-,48-36-. The van der Waals surface area contributed by atoms with Crippen molar-refractivity contribution in [1.82, 2.24) is 0 Å². The summed E-state index contributed by atoms with van der Waals surface area (Å²) >= 11 is 0. The molecule has 308 valence electrons. The number of nitrogens with zero attached hydrogens (tertiary/aromatic N) is 3. The SMILES string of the molecule is CCOC/C(=N\OC(C)O)c1ccc2c(=O)c3c(c2c1)c1c(=O)c2ccc(/C(COCC)=N\OC(C)=O)cc2c1c1c(=O)c2ccc(/C(COCC)=N\OC(C)=O)cc2c31. The molecule has 0 aliphatic carbocycles. The quantitative estimate of drug-likeness (QED) is 0.0541. The first-order chi connectivity index (χ1) is 28.9. The van der Waals surface area contributed by atoms with Crippen LogP contribution in [-0.2, 0) is 38.3 Å². The lowest BCUT2D eigenvalue weighted by Crippen LogP contribution is -2.13. The molecule has 1 unspecified atom stereocenters. The molecule has 0 aliphatic heterocycles. The van der Waals surface area contributed by atoms with E-state index in [4.69, 9.17) is 28.7 Å². The lowest BCUT2D eigenvalue weighted by atomic mass is 9.97. The third-order valence-corrected chi connectivity index (χ3v) is 9.99. The van der Waals surface area contributed by atoms with E-state index >= 15 is 0 Å². The van der Waals surface area contributed by atoms with Gasteiger partial charge in [-0.15, -0.1) is 0 Å². The van der Waals surface area contributed by atoms with E-state index in [2.05, 4.69) is 15.5 Å². The minimum absolute atomic E-state index is 0.0147. The molecule has 7 aromatic rings. The maximum Gasteiger partial charge on any atom is 0.331 e. The summed E-state index contributed by atoms with van der Waals surface area (Å²) in [4.78, 5) is 83.2. The summed E-state index contributed by atoms with van der Waals surface area (Å²) in [5.41, 5.74) is 1.10. The van der Waals surface area contributed by atoms with E-state index in [1.54, 1.807) is 68.4 Å². The second kappa shape index (κ2) is 17.4. The van der Waals surface area contributed by atoms with Gasteiger partial charge in [-0.05, 0) is 73.3 Å². The van der Waals surface area contributed by atoms with E-state index in [0.29, 0.717) is 79.9 Å². The maximum absolute atomic E-state index is 14.8. The summed E-state index contributed by atoms with van der Waals surface area (Å²) in [7, 11) is 0. The van der Waals surface area contributed by atoms with Gasteiger partial charge in [0.2, 0.25) is 6.29 Å². The Morgan fingerprint density at radius 2 is 0.833 bits per heavy atom. The minimum atomic E-state index is -1.21. The van der Waals surface area contributed by atoms with E-state index in [1.165, 1.54) is 20.8 Å². The molecule has 0 saturated heterocycles. The number of hydrogen-bond donors (Lipinski definition) is 1. The summed E-state index contributed by atoms with van der Waals surface area (Å²) in [6.45, 7) is 10.3. The zero-order chi connectivity index (χ0) is 42.8. The van der Waals surface area contributed by atoms with Gasteiger partial charge < -0.3 is 33.8 Å². The van der Waals surface area contributed by atoms with Crippen LogP contribution in [0.25, 0.3) is 64.6 Å². The molecule has 0 saturated carbocycles. The number of oxime groups is 3. The van der Waals surface area contributed by atoms with Gasteiger partial charge in [0.1, 0.15) is 17.1 Å². The average molecular weight is 816 g/mol. The highest BCUT2D eigenvalue weighted by Crippen LogP contribution is 2.43. The van der Waals surface area contributed by atoms with E-state index in [-0.39, 0.29) is 58.2 Å². The van der Waals surface area contributed by atoms with E-state index in [0.717, 1.165) is 0 Å². The Hall–Kier alpha value is -6.52. The van der Waals surface area contributed by atoms with Gasteiger partial charge in [-0.1, -0.05) is 33.7 Å². The zero-order valence-electron chi connectivity index (χ0n) is 33.8. The van der Waals surface area contributed by atoms with Crippen molar-refractivity contribution in [2.75, 3.05) is 39.6 Å². The van der Waals surface area contributed by atoms with E-state index in [9.17, 15) is 29.1 Å². The van der Waals surface area contributed by atoms with Crippen LogP contribution in [0, 0.1) is 0 Å². The van der Waals surface area contributed by atoms with Crippen LogP contribution in [0.1, 0.15) is 58.2 Å². The lowest BCUT2D eigenvalue weighted by molar-refractivity contribution is -0.141. The number of carbonyl (C=O) groups excluding carboxylic acids is 2. The number of carbonyl (C=O) groups is 2. The topological polar surface area (TPSA) is 198 Å². The summed E-state index contributed by atoms with van der Waals surface area (Å²) in [6.07, 6.45) is -1.21. The molecule has 1 N–H and O–H groups in total. The van der Waals surface area contributed by atoms with Crippen molar-refractivity contribution >= 4 is 93.7 Å². The first-order valence-electron chi connectivity index (χ1n) is 19.3. The van der Waals surface area contributed by atoms with Crippen molar-refractivity contribution in [3.05, 3.63) is 102 Å². The smallest absolute Gasteiger partial charge is 0.331 e. The number of benzene rings is 4. The largest absolute Gasteiger partial charge is 0.375 e. The fourth-order valence-corrected chi connectivity index (χ4v) is 7.49. The van der Waals surface area contributed by atoms with Gasteiger partial charge >= 0.3 is 11.9 Å². The molecule has 0 aromatic heterocycles. The molecule has 0 spiro atoms. The Morgan fingerprint density at radius 3 is 1.12 bits per heavy atom. The zero-order valence-corrected chi connectivity index (χ0v) is 33.8. The van der Waals surface area contributed by atoms with Crippen molar-refractivity contribution in [3.8, 4) is 0 Å². The fraction of sp³-hybridized carbons (Fsp3) is 0.289. The Morgan fingerprint density at radius 1 is 0.517 bits per heavy atom. The molecule has 15 nitrogen and oxygen atoms in total. The summed E-state index contributed by atoms with van der Waals surface area (Å²) in [5.74, 6) is -1.28. The molecule has 0 heterocycles. The van der Waals surface area contributed by atoms with Gasteiger partial charge in [-0.2, -0.15) is 0 Å². The van der Waals surface area contributed by atoms with E-state index < -0.39 is 34.5 Å². The van der Waals surface area contributed by atoms with Crippen LogP contribution in [-0.4, -0.2) is 80.1 Å². The number of rotatable bonds is 16. The second-order valence-electron chi connectivity index (χ2n) is 13.9. The molecule has 7 aromatic carbocycles. The summed E-state index contributed by atoms with van der Waals surface area (Å²) in [6, 6.07) is 15.0. The average Bonchev–Trinajstić information content (AvgIpc) is 3.80. The van der Waals surface area contributed by atoms with Crippen LogP contribution in [0.5, 0.6) is 0 Å². The number of fused-ring (bicyclic) bond motifs is 12. The molecular weight excluding hydrogens is 775 g/mol. The molecule has 0 fully saturated rings. The van der Waals surface area contributed by atoms with Crippen LogP contribution in [0.2, 0.25) is 0 Å². The monoisotopic (exact) mass is 815 g/mol. The Labute approximate surface area is 341 Å². The second-order valence-corrected chi connectivity index (χ2v) is 13.9. The molecular formula is C45H41N3O12. The van der Waals surface area contributed by atoms with Crippen LogP contribution in [0.15, 0.2) is 84.4 Å². The minimum Gasteiger partial charge on any atom is -0.375 e. The third-order valence-electron chi connectivity index (χ3n) is 9.99. The van der Waals surface area contributed by atoms with Gasteiger partial charge in [-0.3, -0.25) is 14.4 Å². The Balaban J connectivity index is 1.67. The van der Waals surface area contributed by atoms with Crippen molar-refractivity contribution in [2.24, 2.45) is 15.5 Å². The molecule has 0 amide bonds. The highest BCUT2D eigenvalue weighted by Gasteiger charge is 2.28. The molecule has 1 atom stereocenters. The van der Waals surface area contributed by atoms with Gasteiger partial charge in [-0.25, -0.2) is 9.59 Å². The van der Waals surface area contributed by atoms with Crippen molar-refractivity contribution in [3.63, 3.8) is 0 Å². The van der Waals surface area contributed by atoms with Crippen molar-refractivity contribution in [1.29, 1.82) is 0 Å². The first kappa shape index (κ1) is 41.6. The number of aliphatic hydroxyl groups excluding tert-OH is 1. The van der Waals surface area contributed by atoms with Crippen LogP contribution >= 0.6 is 0 Å². The van der Waals surface area contributed by atoms with Gasteiger partial charge in [0, 0.05) is 106 Å². The third kappa shape index (κ3) is 7.59. The molecule has 7 rings (SSSR count). The molecule has 0 aliphatic rings. The van der Waals surface area contributed by atoms with Crippen molar-refractivity contribution in [2.45, 2.75) is 47.8 Å². The molecule has 0 radical (unpaired) electrons. The molecule has 0 bridgehead atoms. The van der Waals surface area contributed by atoms with Crippen molar-refractivity contribution < 1.29 is 43.4 Å². The van der Waals surface area contributed by atoms with Crippen LogP contribution in [0.3, 0.4) is 0 Å². The Kier molecular flexibility index (Phi) is 12.1. The first-order valence-corrected chi connectivity index (χ1v) is 19.3. The predicted molar refractivity (Wildman–Crippen MR) is 229 cm³/mol. The lowest BCUT2D eigenvalue weighted by Gasteiger charge is -2.09. The molecule has 15 heteroatoms. The summed E-state index contributed by atoms with van der Waals surface area (Å²) in [5, 5.41) is 25.7. The van der Waals surface area contributed by atoms with Crippen LogP contribution in [0.4, 0.5) is 0 Å². The molecule has 60 heavy (non-hydrogen) atoms. The van der Waals surface area contributed by atoms with E-state index in [1.807, 2.05) is 6.92 Å². The highest BCUT2D eigenvalue weighted by atomic mass is 16.7. The van der Waals surface area contributed by atoms with Gasteiger partial charge in [0.25, 0.3) is 0 Å². The Bertz CT molecular complexity index is 3010. The predicted octanol–water partition coefficient (Wildman–Crippen LogP) is 5.70. The number of ether oxygens (including phenoxy) is 3. The number of aliphatic hydroxyl groups is 1. The van der Waals surface area contributed by atoms with Gasteiger partial charge in [0.15, 0.2) is 16.3 Å². The normalized spacial score (nSPS) is 13.4. The summed E-state index contributed by atoms with van der Waals surface area (Å²) < 4.78 is 16.9. The maximum atomic E-state index is 14.8. The van der Waals surface area contributed by atoms with Crippen LogP contribution < -0.4 is 16.3 Å². The van der Waals surface area contributed by atoms with Gasteiger partial charge in [0.05, 0.1) is 19.8 Å². The highest BCUT2D eigenvalue weighted by molar-refractivity contribution is 6.43. The fourth-order valence-electron chi connectivity index (χ4n) is 7.49. The number of hydrogen-bond acceptors (Lipinski definition) is 15.